The molecule has 1 amide bonds. The van der Waals surface area contributed by atoms with E-state index in [9.17, 15) is 9.59 Å². The second-order valence-electron chi connectivity index (χ2n) is 5.88. The second-order valence-corrected chi connectivity index (χ2v) is 6.29. The standard InChI is InChI=1S/C20H22ClNO4/c1-5-18(26-14-9-10-16(21)12(2)11-14)19(23)22-17-8-6-7-15(13(17)3)20(24)25-4/h6-11,18H,5H2,1-4H3,(H,22,23)/t18-/m1/s1. The van der Waals surface area contributed by atoms with Gasteiger partial charge in [-0.25, -0.2) is 4.79 Å². The van der Waals surface area contributed by atoms with Gasteiger partial charge in [-0.2, -0.15) is 0 Å². The highest BCUT2D eigenvalue weighted by molar-refractivity contribution is 6.31. The van der Waals surface area contributed by atoms with E-state index in [-0.39, 0.29) is 5.91 Å². The predicted molar refractivity (Wildman–Crippen MR) is 102 cm³/mol. The fourth-order valence-corrected chi connectivity index (χ4v) is 2.61. The van der Waals surface area contributed by atoms with Crippen molar-refractivity contribution in [1.29, 1.82) is 0 Å². The highest BCUT2D eigenvalue weighted by atomic mass is 35.5. The van der Waals surface area contributed by atoms with Gasteiger partial charge in [-0.15, -0.1) is 0 Å². The van der Waals surface area contributed by atoms with Crippen LogP contribution in [0.5, 0.6) is 5.75 Å². The van der Waals surface area contributed by atoms with Gasteiger partial charge >= 0.3 is 5.97 Å². The van der Waals surface area contributed by atoms with Gasteiger partial charge < -0.3 is 14.8 Å². The number of anilines is 1. The van der Waals surface area contributed by atoms with Crippen molar-refractivity contribution in [1.82, 2.24) is 0 Å². The first-order valence-electron chi connectivity index (χ1n) is 8.29. The van der Waals surface area contributed by atoms with Crippen LogP contribution in [0.25, 0.3) is 0 Å². The van der Waals surface area contributed by atoms with Gasteiger partial charge in [0.1, 0.15) is 5.75 Å². The van der Waals surface area contributed by atoms with Crippen molar-refractivity contribution >= 4 is 29.2 Å². The number of carbonyl (C=O) groups is 2. The lowest BCUT2D eigenvalue weighted by Crippen LogP contribution is -2.32. The van der Waals surface area contributed by atoms with Crippen LogP contribution in [0.1, 0.15) is 34.8 Å². The van der Waals surface area contributed by atoms with E-state index in [1.807, 2.05) is 13.8 Å². The number of carbonyl (C=O) groups excluding carboxylic acids is 2. The molecule has 0 heterocycles. The minimum Gasteiger partial charge on any atom is -0.481 e. The molecule has 0 radical (unpaired) electrons. The summed E-state index contributed by atoms with van der Waals surface area (Å²) in [5.41, 5.74) is 2.48. The van der Waals surface area contributed by atoms with E-state index in [1.54, 1.807) is 43.3 Å². The first-order chi connectivity index (χ1) is 12.4. The summed E-state index contributed by atoms with van der Waals surface area (Å²) in [7, 11) is 1.32. The van der Waals surface area contributed by atoms with Crippen molar-refractivity contribution in [2.45, 2.75) is 33.3 Å². The third kappa shape index (κ3) is 4.55. The van der Waals surface area contributed by atoms with E-state index in [0.29, 0.717) is 34.0 Å². The highest BCUT2D eigenvalue weighted by Gasteiger charge is 2.21. The first-order valence-corrected chi connectivity index (χ1v) is 8.66. The average Bonchev–Trinajstić information content (AvgIpc) is 2.63. The zero-order valence-electron chi connectivity index (χ0n) is 15.3. The van der Waals surface area contributed by atoms with Gasteiger partial charge in [0.2, 0.25) is 0 Å². The molecule has 1 atom stereocenters. The van der Waals surface area contributed by atoms with Crippen LogP contribution < -0.4 is 10.1 Å². The molecule has 2 rings (SSSR count). The molecule has 0 saturated carbocycles. The summed E-state index contributed by atoms with van der Waals surface area (Å²) in [5.74, 6) is -0.155. The number of nitrogens with one attached hydrogen (secondary N) is 1. The SMILES string of the molecule is CC[C@@H](Oc1ccc(Cl)c(C)c1)C(=O)Nc1cccc(C(=O)OC)c1C. The number of benzene rings is 2. The van der Waals surface area contributed by atoms with Gasteiger partial charge in [-0.05, 0) is 61.7 Å². The van der Waals surface area contributed by atoms with Crippen molar-refractivity contribution in [2.24, 2.45) is 0 Å². The molecule has 6 heteroatoms. The number of amides is 1. The van der Waals surface area contributed by atoms with Crippen LogP contribution in [-0.2, 0) is 9.53 Å². The van der Waals surface area contributed by atoms with E-state index in [1.165, 1.54) is 7.11 Å². The van der Waals surface area contributed by atoms with E-state index in [0.717, 1.165) is 5.56 Å². The quantitative estimate of drug-likeness (QED) is 0.753. The minimum absolute atomic E-state index is 0.287. The summed E-state index contributed by atoms with van der Waals surface area (Å²) in [6.45, 7) is 5.49. The molecule has 1 N–H and O–H groups in total. The molecule has 0 bridgehead atoms. The molecular weight excluding hydrogens is 354 g/mol. The van der Waals surface area contributed by atoms with Crippen LogP contribution in [0.4, 0.5) is 5.69 Å². The summed E-state index contributed by atoms with van der Waals surface area (Å²) in [6.07, 6.45) is -0.180. The van der Waals surface area contributed by atoms with Gasteiger partial charge in [0, 0.05) is 10.7 Å². The van der Waals surface area contributed by atoms with E-state index < -0.39 is 12.1 Å². The molecule has 5 nitrogen and oxygen atoms in total. The number of rotatable bonds is 6. The van der Waals surface area contributed by atoms with Crippen LogP contribution in [-0.4, -0.2) is 25.1 Å². The van der Waals surface area contributed by atoms with Crippen molar-refractivity contribution in [2.75, 3.05) is 12.4 Å². The summed E-state index contributed by atoms with van der Waals surface area (Å²) in [6, 6.07) is 10.3. The Bertz CT molecular complexity index is 819. The lowest BCUT2D eigenvalue weighted by atomic mass is 10.1. The van der Waals surface area contributed by atoms with E-state index >= 15 is 0 Å². The predicted octanol–water partition coefficient (Wildman–Crippen LogP) is 4.54. The maximum absolute atomic E-state index is 12.6. The van der Waals surface area contributed by atoms with E-state index in [4.69, 9.17) is 21.1 Å². The smallest absolute Gasteiger partial charge is 0.338 e. The Kier molecular flexibility index (Phi) is 6.64. The Labute approximate surface area is 158 Å². The maximum Gasteiger partial charge on any atom is 0.338 e. The Morgan fingerprint density at radius 2 is 1.92 bits per heavy atom. The molecule has 138 valence electrons. The molecule has 2 aromatic carbocycles. The minimum atomic E-state index is -0.670. The molecule has 2 aromatic rings. The molecule has 0 saturated heterocycles. The number of hydrogen-bond donors (Lipinski definition) is 1. The largest absolute Gasteiger partial charge is 0.481 e. The van der Waals surface area contributed by atoms with Crippen LogP contribution in [0.3, 0.4) is 0 Å². The summed E-state index contributed by atoms with van der Waals surface area (Å²) in [5, 5.41) is 3.47. The molecule has 0 aliphatic rings. The zero-order chi connectivity index (χ0) is 19.3. The molecule has 0 aliphatic carbocycles. The number of hydrogen-bond acceptors (Lipinski definition) is 4. The number of ether oxygens (including phenoxy) is 2. The average molecular weight is 376 g/mol. The fourth-order valence-electron chi connectivity index (χ4n) is 2.49. The van der Waals surface area contributed by atoms with Crippen molar-refractivity contribution in [3.8, 4) is 5.75 Å². The van der Waals surface area contributed by atoms with Crippen LogP contribution in [0.2, 0.25) is 5.02 Å². The summed E-state index contributed by atoms with van der Waals surface area (Å²) >= 11 is 6.02. The molecular formula is C20H22ClNO4. The maximum atomic E-state index is 12.6. The number of halogens is 1. The molecule has 0 spiro atoms. The monoisotopic (exact) mass is 375 g/mol. The Morgan fingerprint density at radius 1 is 1.19 bits per heavy atom. The van der Waals surface area contributed by atoms with Crippen LogP contribution in [0, 0.1) is 13.8 Å². The fraction of sp³-hybridized carbons (Fsp3) is 0.300. The van der Waals surface area contributed by atoms with Crippen LogP contribution >= 0.6 is 11.6 Å². The van der Waals surface area contributed by atoms with Crippen LogP contribution in [0.15, 0.2) is 36.4 Å². The lowest BCUT2D eigenvalue weighted by Gasteiger charge is -2.19. The van der Waals surface area contributed by atoms with Gasteiger partial charge in [-0.1, -0.05) is 24.6 Å². The lowest BCUT2D eigenvalue weighted by molar-refractivity contribution is -0.122. The molecule has 0 fully saturated rings. The highest BCUT2D eigenvalue weighted by Crippen LogP contribution is 2.24. The van der Waals surface area contributed by atoms with E-state index in [2.05, 4.69) is 5.32 Å². The Hall–Kier alpha value is -2.53. The van der Waals surface area contributed by atoms with Gasteiger partial charge in [0.15, 0.2) is 6.10 Å². The summed E-state index contributed by atoms with van der Waals surface area (Å²) < 4.78 is 10.6. The molecule has 0 unspecified atom stereocenters. The molecule has 0 aliphatic heterocycles. The van der Waals surface area contributed by atoms with Crippen molar-refractivity contribution in [3.63, 3.8) is 0 Å². The third-order valence-electron chi connectivity index (χ3n) is 4.07. The third-order valence-corrected chi connectivity index (χ3v) is 4.49. The number of aryl methyl sites for hydroxylation is 1. The Morgan fingerprint density at radius 3 is 2.54 bits per heavy atom. The molecule has 0 aromatic heterocycles. The van der Waals surface area contributed by atoms with Gasteiger partial charge in [-0.3, -0.25) is 4.79 Å². The number of esters is 1. The van der Waals surface area contributed by atoms with Gasteiger partial charge in [0.25, 0.3) is 5.91 Å². The molecule has 26 heavy (non-hydrogen) atoms. The topological polar surface area (TPSA) is 64.6 Å². The zero-order valence-corrected chi connectivity index (χ0v) is 16.0. The number of methoxy groups -OCH3 is 1. The van der Waals surface area contributed by atoms with Crippen molar-refractivity contribution < 1.29 is 19.1 Å². The Balaban J connectivity index is 2.16. The normalized spacial score (nSPS) is 11.6. The van der Waals surface area contributed by atoms with Gasteiger partial charge in [0.05, 0.1) is 12.7 Å². The van der Waals surface area contributed by atoms with Crippen molar-refractivity contribution in [3.05, 3.63) is 58.1 Å². The summed E-state index contributed by atoms with van der Waals surface area (Å²) in [4.78, 5) is 24.4. The first kappa shape index (κ1) is 19.8. The second kappa shape index (κ2) is 8.72.